The Morgan fingerprint density at radius 1 is 1.31 bits per heavy atom. The second-order valence-electron chi connectivity index (χ2n) is 9.32. The fraction of sp³-hybridized carbons (Fsp3) is 0.522. The lowest BCUT2D eigenvalue weighted by Crippen LogP contribution is -2.53. The minimum atomic E-state index is -2.74. The summed E-state index contributed by atoms with van der Waals surface area (Å²) in [6, 6.07) is 3.71. The summed E-state index contributed by atoms with van der Waals surface area (Å²) in [5.74, 6) is -1.87. The predicted octanol–water partition coefficient (Wildman–Crippen LogP) is 5.83. The Kier molecular flexibility index (Phi) is 5.00. The minimum Gasteiger partial charge on any atom is -0.496 e. The van der Waals surface area contributed by atoms with Crippen molar-refractivity contribution in [3.8, 4) is 5.75 Å². The van der Waals surface area contributed by atoms with Crippen LogP contribution in [0.15, 0.2) is 30.7 Å². The highest BCUT2D eigenvalue weighted by Crippen LogP contribution is 2.60. The molecular weight excluding hydrogens is 424 g/mol. The highest BCUT2D eigenvalue weighted by molar-refractivity contribution is 5.88. The Hall–Kier alpha value is -2.55. The number of likely N-dealkylation sites (tertiary alicyclic amines) is 1. The maximum Gasteiger partial charge on any atom is 0.333 e. The molecule has 0 unspecified atom stereocenters. The zero-order valence-corrected chi connectivity index (χ0v) is 18.0. The number of H-pyrrole nitrogens is 1. The molecule has 3 heterocycles. The molecule has 2 aromatic heterocycles. The maximum absolute atomic E-state index is 13.8. The highest BCUT2D eigenvalue weighted by atomic mass is 19.3. The SMILES string of the molecule is COc1cc(C)c2[nH]ccc2c1CN1CCC2(C[C@H]1c1cnn(C(F)F)c1)CC(F)(F)C2. The molecule has 1 aliphatic carbocycles. The maximum atomic E-state index is 13.8. The zero-order chi connectivity index (χ0) is 22.7. The summed E-state index contributed by atoms with van der Waals surface area (Å²) in [4.78, 5) is 5.45. The number of ether oxygens (including phenoxy) is 1. The van der Waals surface area contributed by atoms with E-state index in [0.717, 1.165) is 27.8 Å². The van der Waals surface area contributed by atoms with Crippen LogP contribution in [0.5, 0.6) is 5.75 Å². The Morgan fingerprint density at radius 2 is 2.09 bits per heavy atom. The number of piperidine rings is 1. The summed E-state index contributed by atoms with van der Waals surface area (Å²) in [5, 5.41) is 4.84. The first-order valence-corrected chi connectivity index (χ1v) is 10.8. The molecule has 2 fully saturated rings. The number of fused-ring (bicyclic) bond motifs is 1. The van der Waals surface area contributed by atoms with Gasteiger partial charge in [-0.1, -0.05) is 0 Å². The van der Waals surface area contributed by atoms with E-state index in [1.165, 1.54) is 12.4 Å². The Labute approximate surface area is 183 Å². The third-order valence-corrected chi connectivity index (χ3v) is 7.16. The van der Waals surface area contributed by atoms with E-state index in [9.17, 15) is 17.6 Å². The van der Waals surface area contributed by atoms with Crippen LogP contribution in [0.25, 0.3) is 10.9 Å². The fourth-order valence-corrected chi connectivity index (χ4v) is 5.68. The van der Waals surface area contributed by atoms with Gasteiger partial charge in [0, 0.05) is 59.9 Å². The van der Waals surface area contributed by atoms with Gasteiger partial charge < -0.3 is 9.72 Å². The van der Waals surface area contributed by atoms with Gasteiger partial charge in [0.2, 0.25) is 5.92 Å². The van der Waals surface area contributed by atoms with Gasteiger partial charge in [0.15, 0.2) is 0 Å². The van der Waals surface area contributed by atoms with Crippen molar-refractivity contribution in [3.63, 3.8) is 0 Å². The third kappa shape index (κ3) is 3.56. The standard InChI is InChI=1S/C23H26F4N4O/c1-14-7-19(32-2)17(16-3-5-28-20(14)16)11-30-6-4-22(12-23(26,27)13-22)8-18(30)15-9-29-31(10-15)21(24)25/h3,5,7,9-10,18,21,28H,4,6,8,11-13H2,1-2H3/t18-/m0/s1. The number of aromatic amines is 1. The van der Waals surface area contributed by atoms with Crippen LogP contribution in [0.1, 0.15) is 55.0 Å². The second-order valence-corrected chi connectivity index (χ2v) is 9.32. The van der Waals surface area contributed by atoms with Crippen LogP contribution < -0.4 is 4.74 Å². The molecule has 1 saturated carbocycles. The number of aromatic nitrogens is 3. The summed E-state index contributed by atoms with van der Waals surface area (Å²) < 4.78 is 60.2. The smallest absolute Gasteiger partial charge is 0.333 e. The zero-order valence-electron chi connectivity index (χ0n) is 18.0. The molecule has 0 amide bonds. The molecule has 5 rings (SSSR count). The lowest BCUT2D eigenvalue weighted by Gasteiger charge is -2.54. The van der Waals surface area contributed by atoms with E-state index in [2.05, 4.69) is 15.0 Å². The third-order valence-electron chi connectivity index (χ3n) is 7.16. The lowest BCUT2D eigenvalue weighted by atomic mass is 9.59. The number of halogens is 4. The average molecular weight is 450 g/mol. The van der Waals surface area contributed by atoms with E-state index in [-0.39, 0.29) is 18.9 Å². The van der Waals surface area contributed by atoms with Gasteiger partial charge in [-0.3, -0.25) is 4.90 Å². The number of hydrogen-bond donors (Lipinski definition) is 1. The van der Waals surface area contributed by atoms with Gasteiger partial charge in [-0.25, -0.2) is 13.5 Å². The molecule has 9 heteroatoms. The Bertz CT molecular complexity index is 1130. The van der Waals surface area contributed by atoms with Gasteiger partial charge in [-0.15, -0.1) is 0 Å². The summed E-state index contributed by atoms with van der Waals surface area (Å²) in [6.45, 7) is 0.395. The van der Waals surface area contributed by atoms with Crippen LogP contribution in [0.3, 0.4) is 0 Å². The van der Waals surface area contributed by atoms with Crippen molar-refractivity contribution in [2.45, 2.75) is 57.7 Å². The summed E-state index contributed by atoms with van der Waals surface area (Å²) >= 11 is 0. The van der Waals surface area contributed by atoms with Crippen molar-refractivity contribution in [1.82, 2.24) is 19.7 Å². The highest BCUT2D eigenvalue weighted by Gasteiger charge is 2.58. The molecule has 2 aliphatic rings. The molecule has 3 aromatic rings. The molecule has 1 aromatic carbocycles. The molecule has 1 atom stereocenters. The summed E-state index contributed by atoms with van der Waals surface area (Å²) in [7, 11) is 1.63. The van der Waals surface area contributed by atoms with Crippen LogP contribution in [-0.2, 0) is 6.54 Å². The molecule has 1 saturated heterocycles. The molecule has 32 heavy (non-hydrogen) atoms. The minimum absolute atomic E-state index is 0.136. The van der Waals surface area contributed by atoms with Gasteiger partial charge >= 0.3 is 6.55 Å². The second kappa shape index (κ2) is 7.50. The van der Waals surface area contributed by atoms with Gasteiger partial charge in [-0.05, 0) is 49.4 Å². The van der Waals surface area contributed by atoms with E-state index in [4.69, 9.17) is 4.74 Å². The molecule has 0 bridgehead atoms. The van der Waals surface area contributed by atoms with Gasteiger partial charge in [0.1, 0.15) is 5.75 Å². The van der Waals surface area contributed by atoms with Crippen molar-refractivity contribution < 1.29 is 22.3 Å². The van der Waals surface area contributed by atoms with E-state index in [1.54, 1.807) is 7.11 Å². The summed E-state index contributed by atoms with van der Waals surface area (Å²) in [5.41, 5.74) is 3.27. The predicted molar refractivity (Wildman–Crippen MR) is 112 cm³/mol. The molecule has 1 N–H and O–H groups in total. The first-order valence-electron chi connectivity index (χ1n) is 10.8. The van der Waals surface area contributed by atoms with Crippen molar-refractivity contribution in [3.05, 3.63) is 47.4 Å². The first kappa shape index (κ1) is 21.3. The number of methoxy groups -OCH3 is 1. The van der Waals surface area contributed by atoms with Gasteiger partial charge in [0.25, 0.3) is 0 Å². The Morgan fingerprint density at radius 3 is 2.75 bits per heavy atom. The normalized spacial score (nSPS) is 22.5. The van der Waals surface area contributed by atoms with E-state index < -0.39 is 17.9 Å². The van der Waals surface area contributed by atoms with Crippen molar-refractivity contribution >= 4 is 10.9 Å². The average Bonchev–Trinajstić information content (AvgIpc) is 3.39. The van der Waals surface area contributed by atoms with Gasteiger partial charge in [0.05, 0.1) is 13.3 Å². The van der Waals surface area contributed by atoms with Crippen LogP contribution in [0.2, 0.25) is 0 Å². The van der Waals surface area contributed by atoms with E-state index in [1.807, 2.05) is 25.3 Å². The number of alkyl halides is 4. The van der Waals surface area contributed by atoms with Crippen LogP contribution in [0.4, 0.5) is 17.6 Å². The Balaban J connectivity index is 1.50. The number of aryl methyl sites for hydroxylation is 1. The largest absolute Gasteiger partial charge is 0.496 e. The van der Waals surface area contributed by atoms with Crippen molar-refractivity contribution in [2.24, 2.45) is 5.41 Å². The quantitative estimate of drug-likeness (QED) is 0.498. The van der Waals surface area contributed by atoms with Crippen LogP contribution in [-0.4, -0.2) is 39.2 Å². The van der Waals surface area contributed by atoms with E-state index in [0.29, 0.717) is 36.2 Å². The van der Waals surface area contributed by atoms with Gasteiger partial charge in [-0.2, -0.15) is 13.9 Å². The van der Waals surface area contributed by atoms with Crippen LogP contribution in [0, 0.1) is 12.3 Å². The molecule has 1 spiro atoms. The number of benzene rings is 1. The number of nitrogens with zero attached hydrogens (tertiary/aromatic N) is 3. The molecule has 5 nitrogen and oxygen atoms in total. The molecule has 0 radical (unpaired) electrons. The first-order chi connectivity index (χ1) is 15.2. The van der Waals surface area contributed by atoms with E-state index >= 15 is 0 Å². The summed E-state index contributed by atoms with van der Waals surface area (Å²) in [6.07, 6.45) is 5.56. The number of hydrogen-bond acceptors (Lipinski definition) is 3. The number of rotatable bonds is 5. The van der Waals surface area contributed by atoms with Crippen molar-refractivity contribution in [1.29, 1.82) is 0 Å². The fourth-order valence-electron chi connectivity index (χ4n) is 5.68. The lowest BCUT2D eigenvalue weighted by molar-refractivity contribution is -0.186. The molecule has 172 valence electrons. The monoisotopic (exact) mass is 450 g/mol. The molecule has 1 aliphatic heterocycles. The number of nitrogens with one attached hydrogen (secondary N) is 1. The topological polar surface area (TPSA) is 46.1 Å². The van der Waals surface area contributed by atoms with Crippen molar-refractivity contribution in [2.75, 3.05) is 13.7 Å². The van der Waals surface area contributed by atoms with Crippen LogP contribution >= 0.6 is 0 Å². The molecular formula is C23H26F4N4O.